The highest BCUT2D eigenvalue weighted by molar-refractivity contribution is 7.39. The van der Waals surface area contributed by atoms with Gasteiger partial charge < -0.3 is 24.2 Å². The summed E-state index contributed by atoms with van der Waals surface area (Å²) in [5.74, 6) is 0. The highest BCUT2D eigenvalue weighted by Crippen LogP contribution is 2.64. The Hall–Kier alpha value is 0.230. The Morgan fingerprint density at radius 2 is 1.64 bits per heavy atom. The van der Waals surface area contributed by atoms with Gasteiger partial charge in [-0.15, -0.1) is 0 Å². The summed E-state index contributed by atoms with van der Waals surface area (Å²) in [4.78, 5) is 17.7. The van der Waals surface area contributed by atoms with Gasteiger partial charge in [0.15, 0.2) is 0 Å². The van der Waals surface area contributed by atoms with Crippen LogP contribution in [0, 0.1) is 0 Å². The molecule has 0 amide bonds. The van der Waals surface area contributed by atoms with Gasteiger partial charge in [0, 0.05) is 0 Å². The Balaban J connectivity index is 1.92. The summed E-state index contributed by atoms with van der Waals surface area (Å²) in [6, 6.07) is 0. The molecule has 2 aliphatic rings. The molecule has 2 saturated carbocycles. The number of hydrogen-bond donors (Lipinski definition) is 3. The zero-order chi connectivity index (χ0) is 10.2. The van der Waals surface area contributed by atoms with Crippen molar-refractivity contribution in [2.45, 2.75) is 36.9 Å². The van der Waals surface area contributed by atoms with Crippen LogP contribution in [-0.2, 0) is 9.26 Å². The average molecular weight is 222 g/mol. The highest BCUT2D eigenvalue weighted by Gasteiger charge is 2.69. The molecule has 0 heterocycles. The van der Waals surface area contributed by atoms with Crippen molar-refractivity contribution < 1.29 is 24.2 Å². The van der Waals surface area contributed by atoms with Crippen molar-refractivity contribution in [1.29, 1.82) is 0 Å². The van der Waals surface area contributed by atoms with Gasteiger partial charge in [-0.25, -0.2) is 0 Å². The molecule has 0 bridgehead atoms. The molecular formula is C8H15O5P. The molecule has 0 spiro atoms. The predicted octanol–water partition coefficient (Wildman–Crippen LogP) is 0.289. The van der Waals surface area contributed by atoms with E-state index in [1.807, 2.05) is 0 Å². The van der Waals surface area contributed by atoms with Crippen LogP contribution in [0.3, 0.4) is 0 Å². The molecule has 0 radical (unpaired) electrons. The minimum absolute atomic E-state index is 0.00909. The van der Waals surface area contributed by atoms with Crippen LogP contribution in [0.1, 0.15) is 25.7 Å². The van der Waals surface area contributed by atoms with Crippen molar-refractivity contribution in [3.8, 4) is 0 Å². The van der Waals surface area contributed by atoms with Crippen LogP contribution in [0.5, 0.6) is 0 Å². The molecule has 2 aliphatic carbocycles. The second-order valence-corrected chi connectivity index (χ2v) is 4.59. The van der Waals surface area contributed by atoms with E-state index < -0.39 is 14.2 Å². The molecule has 2 rings (SSSR count). The first-order valence-corrected chi connectivity index (χ1v) is 5.93. The van der Waals surface area contributed by atoms with E-state index in [4.69, 9.17) is 24.2 Å². The summed E-state index contributed by atoms with van der Waals surface area (Å²) in [6.45, 7) is 0.282. The second kappa shape index (κ2) is 3.67. The highest BCUT2D eigenvalue weighted by atomic mass is 31.2. The molecule has 3 N–H and O–H groups in total. The maximum Gasteiger partial charge on any atom is 0.327 e. The van der Waals surface area contributed by atoms with Crippen molar-refractivity contribution >= 4 is 8.60 Å². The lowest BCUT2D eigenvalue weighted by atomic mass is 10.1. The lowest BCUT2D eigenvalue weighted by molar-refractivity contribution is -0.0721. The Bertz CT molecular complexity index is 212. The van der Waals surface area contributed by atoms with Crippen molar-refractivity contribution in [2.75, 3.05) is 13.2 Å². The monoisotopic (exact) mass is 222 g/mol. The fraction of sp³-hybridized carbons (Fsp3) is 1.00. The molecule has 0 aromatic carbocycles. The van der Waals surface area contributed by atoms with E-state index in [2.05, 4.69) is 0 Å². The maximum absolute atomic E-state index is 8.84. The molecule has 5 nitrogen and oxygen atoms in total. The van der Waals surface area contributed by atoms with Crippen LogP contribution in [0.4, 0.5) is 0 Å². The molecule has 0 aliphatic heterocycles. The average Bonchev–Trinajstić information content (AvgIpc) is 2.94. The van der Waals surface area contributed by atoms with Crippen molar-refractivity contribution in [2.24, 2.45) is 0 Å². The zero-order valence-corrected chi connectivity index (χ0v) is 8.74. The van der Waals surface area contributed by atoms with Gasteiger partial charge in [0.2, 0.25) is 0 Å². The van der Waals surface area contributed by atoms with Crippen LogP contribution in [0.2, 0.25) is 0 Å². The summed E-state index contributed by atoms with van der Waals surface area (Å²) in [5.41, 5.74) is -0.820. The first-order valence-electron chi connectivity index (χ1n) is 4.76. The topological polar surface area (TPSA) is 79.2 Å². The molecule has 2 fully saturated rings. The minimum atomic E-state index is -2.31. The Labute approximate surface area is 83.7 Å². The number of hydrogen-bond acceptors (Lipinski definition) is 5. The zero-order valence-electron chi connectivity index (χ0n) is 7.85. The van der Waals surface area contributed by atoms with Gasteiger partial charge in [-0.2, -0.15) is 0 Å². The van der Waals surface area contributed by atoms with E-state index in [1.54, 1.807) is 0 Å². The molecule has 0 aromatic heterocycles. The van der Waals surface area contributed by atoms with Gasteiger partial charge in [0.1, 0.15) is 5.60 Å². The van der Waals surface area contributed by atoms with Crippen molar-refractivity contribution in [3.63, 3.8) is 0 Å². The number of rotatable bonds is 6. The van der Waals surface area contributed by atoms with Crippen LogP contribution >= 0.6 is 8.60 Å². The third kappa shape index (κ3) is 1.81. The van der Waals surface area contributed by atoms with E-state index in [0.717, 1.165) is 25.7 Å². The van der Waals surface area contributed by atoms with E-state index in [1.165, 1.54) is 0 Å². The van der Waals surface area contributed by atoms with Crippen molar-refractivity contribution in [3.05, 3.63) is 0 Å². The molecule has 82 valence electrons. The molecule has 0 atom stereocenters. The standard InChI is InChI=1S/C8H15O5P/c9-5-6-12-7(1-2-7)8(3-4-8)13-14(10)11/h9-11H,1-6H2. The Morgan fingerprint density at radius 1 is 1.07 bits per heavy atom. The molecule has 6 heteroatoms. The third-order valence-electron chi connectivity index (χ3n) is 2.96. The van der Waals surface area contributed by atoms with Gasteiger partial charge in [-0.3, -0.25) is 0 Å². The Kier molecular flexibility index (Phi) is 2.81. The summed E-state index contributed by atoms with van der Waals surface area (Å²) in [5, 5.41) is 8.66. The fourth-order valence-corrected chi connectivity index (χ4v) is 2.65. The van der Waals surface area contributed by atoms with E-state index in [-0.39, 0.29) is 12.2 Å². The second-order valence-electron chi connectivity index (χ2n) is 3.90. The molecule has 0 saturated heterocycles. The molecular weight excluding hydrogens is 207 g/mol. The maximum atomic E-state index is 8.84. The summed E-state index contributed by atoms with van der Waals surface area (Å²) >= 11 is 0. The SMILES string of the molecule is OCCOC1(C2(OP(O)O)CC2)CC1. The smallest absolute Gasteiger partial charge is 0.327 e. The van der Waals surface area contributed by atoms with Crippen LogP contribution in [-0.4, -0.2) is 39.3 Å². The first-order chi connectivity index (χ1) is 6.64. The predicted molar refractivity (Wildman–Crippen MR) is 49.4 cm³/mol. The van der Waals surface area contributed by atoms with Crippen LogP contribution in [0.15, 0.2) is 0 Å². The molecule has 0 unspecified atom stereocenters. The van der Waals surface area contributed by atoms with Gasteiger partial charge in [0.05, 0.1) is 18.8 Å². The van der Waals surface area contributed by atoms with Crippen LogP contribution < -0.4 is 0 Å². The third-order valence-corrected chi connectivity index (χ3v) is 3.48. The largest absolute Gasteiger partial charge is 0.394 e. The normalized spacial score (nSPS) is 26.6. The Morgan fingerprint density at radius 3 is 2.00 bits per heavy atom. The quantitative estimate of drug-likeness (QED) is 0.563. The number of aliphatic hydroxyl groups excluding tert-OH is 1. The van der Waals surface area contributed by atoms with E-state index in [9.17, 15) is 0 Å². The van der Waals surface area contributed by atoms with Gasteiger partial charge >= 0.3 is 8.60 Å². The fourth-order valence-electron chi connectivity index (χ4n) is 1.99. The minimum Gasteiger partial charge on any atom is -0.394 e. The van der Waals surface area contributed by atoms with Crippen LogP contribution in [0.25, 0.3) is 0 Å². The van der Waals surface area contributed by atoms with Gasteiger partial charge in [-0.1, -0.05) is 0 Å². The first kappa shape index (κ1) is 10.7. The van der Waals surface area contributed by atoms with E-state index in [0.29, 0.717) is 6.61 Å². The van der Waals surface area contributed by atoms with Gasteiger partial charge in [0.25, 0.3) is 0 Å². The summed E-state index contributed by atoms with van der Waals surface area (Å²) < 4.78 is 10.7. The van der Waals surface area contributed by atoms with Crippen molar-refractivity contribution in [1.82, 2.24) is 0 Å². The lowest BCUT2D eigenvalue weighted by Crippen LogP contribution is -2.35. The molecule has 14 heavy (non-hydrogen) atoms. The number of aliphatic hydroxyl groups is 1. The molecule has 0 aromatic rings. The summed E-state index contributed by atoms with van der Waals surface area (Å²) in [7, 11) is -2.31. The number of ether oxygens (including phenoxy) is 1. The summed E-state index contributed by atoms with van der Waals surface area (Å²) in [6.07, 6.45) is 3.41. The van der Waals surface area contributed by atoms with Gasteiger partial charge in [-0.05, 0) is 25.7 Å². The lowest BCUT2D eigenvalue weighted by Gasteiger charge is -2.26. The van der Waals surface area contributed by atoms with E-state index >= 15 is 0 Å².